The molecule has 0 heterocycles. The van der Waals surface area contributed by atoms with Crippen LogP contribution in [0.5, 0.6) is 0 Å². The molecule has 1 aromatic rings. The summed E-state index contributed by atoms with van der Waals surface area (Å²) in [5, 5.41) is 22.4. The highest BCUT2D eigenvalue weighted by Crippen LogP contribution is 2.28. The molecule has 0 aliphatic heterocycles. The summed E-state index contributed by atoms with van der Waals surface area (Å²) in [7, 11) is 0. The molecule has 3 nitrogen and oxygen atoms in total. The lowest BCUT2D eigenvalue weighted by atomic mass is 9.82. The monoisotopic (exact) mass is 233 g/mol. The highest BCUT2D eigenvalue weighted by Gasteiger charge is 2.25. The smallest absolute Gasteiger partial charge is 0.0871 e. The standard InChI is InChI=1S/C14H19NO2/c16-14-9-5-4-8-12(14)10-13(15-17)11-6-2-1-3-7-11/h1-3,6-7,12,14,16-17H,4-5,8-10H2/b15-13+/t12-,14-/m1/s1. The van der Waals surface area contributed by atoms with E-state index < -0.39 is 0 Å². The lowest BCUT2D eigenvalue weighted by Crippen LogP contribution is -2.27. The average Bonchev–Trinajstić information content (AvgIpc) is 2.39. The molecule has 1 aliphatic rings. The SMILES string of the molecule is O/N=C(\C[C@H]1CCCC[C@H]1O)c1ccccc1. The van der Waals surface area contributed by atoms with Crippen LogP contribution in [-0.2, 0) is 0 Å². The minimum atomic E-state index is -0.246. The maximum atomic E-state index is 9.92. The van der Waals surface area contributed by atoms with E-state index in [0.717, 1.165) is 31.2 Å². The van der Waals surface area contributed by atoms with Gasteiger partial charge in [0.25, 0.3) is 0 Å². The fourth-order valence-electron chi connectivity index (χ4n) is 2.52. The highest BCUT2D eigenvalue weighted by molar-refractivity contribution is 6.00. The number of aliphatic hydroxyl groups excluding tert-OH is 1. The molecule has 0 bridgehead atoms. The molecule has 3 heteroatoms. The molecule has 0 saturated heterocycles. The Balaban J connectivity index is 2.05. The van der Waals surface area contributed by atoms with Gasteiger partial charge in [-0.2, -0.15) is 0 Å². The van der Waals surface area contributed by atoms with E-state index >= 15 is 0 Å². The Morgan fingerprint density at radius 2 is 1.88 bits per heavy atom. The van der Waals surface area contributed by atoms with Crippen molar-refractivity contribution in [1.29, 1.82) is 0 Å². The van der Waals surface area contributed by atoms with Gasteiger partial charge < -0.3 is 10.3 Å². The molecule has 0 spiro atoms. The predicted molar refractivity (Wildman–Crippen MR) is 67.3 cm³/mol. The quantitative estimate of drug-likeness (QED) is 0.479. The van der Waals surface area contributed by atoms with E-state index in [2.05, 4.69) is 5.16 Å². The van der Waals surface area contributed by atoms with Crippen molar-refractivity contribution >= 4 is 5.71 Å². The van der Waals surface area contributed by atoms with E-state index in [1.165, 1.54) is 0 Å². The maximum absolute atomic E-state index is 9.92. The number of benzene rings is 1. The van der Waals surface area contributed by atoms with Gasteiger partial charge in [-0.15, -0.1) is 0 Å². The van der Waals surface area contributed by atoms with Crippen LogP contribution in [0.4, 0.5) is 0 Å². The first-order valence-electron chi connectivity index (χ1n) is 6.25. The van der Waals surface area contributed by atoms with Crippen molar-refractivity contribution in [3.8, 4) is 0 Å². The van der Waals surface area contributed by atoms with Crippen molar-refractivity contribution in [2.24, 2.45) is 11.1 Å². The molecule has 1 saturated carbocycles. The van der Waals surface area contributed by atoms with Crippen LogP contribution in [-0.4, -0.2) is 22.1 Å². The highest BCUT2D eigenvalue weighted by atomic mass is 16.4. The molecule has 2 rings (SSSR count). The second-order valence-electron chi connectivity index (χ2n) is 4.73. The summed E-state index contributed by atoms with van der Waals surface area (Å²) in [5.41, 5.74) is 1.62. The van der Waals surface area contributed by atoms with Crippen molar-refractivity contribution in [2.75, 3.05) is 0 Å². The molecule has 1 fully saturated rings. The second-order valence-corrected chi connectivity index (χ2v) is 4.73. The van der Waals surface area contributed by atoms with E-state index in [0.29, 0.717) is 12.1 Å². The van der Waals surface area contributed by atoms with Gasteiger partial charge in [-0.25, -0.2) is 0 Å². The number of aliphatic hydroxyl groups is 1. The number of oxime groups is 1. The fourth-order valence-corrected chi connectivity index (χ4v) is 2.52. The minimum Gasteiger partial charge on any atom is -0.411 e. The molecule has 0 aromatic heterocycles. The second kappa shape index (κ2) is 5.82. The molecular weight excluding hydrogens is 214 g/mol. The maximum Gasteiger partial charge on any atom is 0.0871 e. The van der Waals surface area contributed by atoms with Gasteiger partial charge in [0.15, 0.2) is 0 Å². The van der Waals surface area contributed by atoms with Gasteiger partial charge in [0, 0.05) is 0 Å². The Morgan fingerprint density at radius 3 is 2.53 bits per heavy atom. The van der Waals surface area contributed by atoms with Crippen LogP contribution in [0.15, 0.2) is 35.5 Å². The van der Waals surface area contributed by atoms with Gasteiger partial charge in [-0.05, 0) is 30.7 Å². The summed E-state index contributed by atoms with van der Waals surface area (Å²) in [4.78, 5) is 0. The first kappa shape index (κ1) is 12.1. The summed E-state index contributed by atoms with van der Waals surface area (Å²) in [6, 6.07) is 9.66. The van der Waals surface area contributed by atoms with Crippen molar-refractivity contribution in [3.63, 3.8) is 0 Å². The van der Waals surface area contributed by atoms with E-state index in [4.69, 9.17) is 5.21 Å². The van der Waals surface area contributed by atoms with Crippen LogP contribution in [0.2, 0.25) is 0 Å². The Hall–Kier alpha value is -1.35. The lowest BCUT2D eigenvalue weighted by Gasteiger charge is -2.27. The first-order valence-corrected chi connectivity index (χ1v) is 6.25. The van der Waals surface area contributed by atoms with E-state index in [1.54, 1.807) is 0 Å². The zero-order chi connectivity index (χ0) is 12.1. The molecular formula is C14H19NO2. The summed E-state index contributed by atoms with van der Waals surface area (Å²) in [6.45, 7) is 0. The molecule has 2 atom stereocenters. The minimum absolute atomic E-state index is 0.231. The van der Waals surface area contributed by atoms with Crippen molar-refractivity contribution in [1.82, 2.24) is 0 Å². The van der Waals surface area contributed by atoms with Crippen LogP contribution in [0.3, 0.4) is 0 Å². The fraction of sp³-hybridized carbons (Fsp3) is 0.500. The Labute approximate surface area is 102 Å². The van der Waals surface area contributed by atoms with E-state index in [9.17, 15) is 5.11 Å². The number of nitrogens with zero attached hydrogens (tertiary/aromatic N) is 1. The molecule has 2 N–H and O–H groups in total. The topological polar surface area (TPSA) is 52.8 Å². The van der Waals surface area contributed by atoms with Gasteiger partial charge in [-0.3, -0.25) is 0 Å². The van der Waals surface area contributed by atoms with Gasteiger partial charge in [0.1, 0.15) is 0 Å². The van der Waals surface area contributed by atoms with Gasteiger partial charge in [-0.1, -0.05) is 48.3 Å². The van der Waals surface area contributed by atoms with E-state index in [1.807, 2.05) is 30.3 Å². The van der Waals surface area contributed by atoms with Crippen LogP contribution in [0, 0.1) is 5.92 Å². The van der Waals surface area contributed by atoms with E-state index in [-0.39, 0.29) is 12.0 Å². The number of hydrogen-bond donors (Lipinski definition) is 2. The Morgan fingerprint density at radius 1 is 1.18 bits per heavy atom. The third-order valence-corrected chi connectivity index (χ3v) is 3.55. The molecule has 17 heavy (non-hydrogen) atoms. The van der Waals surface area contributed by atoms with Crippen molar-refractivity contribution in [3.05, 3.63) is 35.9 Å². The van der Waals surface area contributed by atoms with Gasteiger partial charge in [0.05, 0.1) is 11.8 Å². The number of hydrogen-bond acceptors (Lipinski definition) is 3. The third-order valence-electron chi connectivity index (χ3n) is 3.55. The zero-order valence-electron chi connectivity index (χ0n) is 9.92. The van der Waals surface area contributed by atoms with Gasteiger partial charge in [0.2, 0.25) is 0 Å². The number of rotatable bonds is 3. The van der Waals surface area contributed by atoms with Crippen LogP contribution >= 0.6 is 0 Å². The molecule has 1 aliphatic carbocycles. The normalized spacial score (nSPS) is 25.8. The van der Waals surface area contributed by atoms with Crippen LogP contribution < -0.4 is 0 Å². The van der Waals surface area contributed by atoms with Crippen LogP contribution in [0.25, 0.3) is 0 Å². The predicted octanol–water partition coefficient (Wildman–Crippen LogP) is 2.81. The molecule has 0 radical (unpaired) electrons. The largest absolute Gasteiger partial charge is 0.411 e. The lowest BCUT2D eigenvalue weighted by molar-refractivity contribution is 0.0732. The Kier molecular flexibility index (Phi) is 4.15. The summed E-state index contributed by atoms with van der Waals surface area (Å²) in [6.07, 6.45) is 4.57. The molecule has 1 aromatic carbocycles. The Bertz CT molecular complexity index is 375. The summed E-state index contributed by atoms with van der Waals surface area (Å²) in [5.74, 6) is 0.231. The molecule has 92 valence electrons. The summed E-state index contributed by atoms with van der Waals surface area (Å²) < 4.78 is 0. The average molecular weight is 233 g/mol. The van der Waals surface area contributed by atoms with Crippen molar-refractivity contribution in [2.45, 2.75) is 38.2 Å². The first-order chi connectivity index (χ1) is 8.31. The third kappa shape index (κ3) is 3.07. The van der Waals surface area contributed by atoms with Crippen LogP contribution in [0.1, 0.15) is 37.7 Å². The zero-order valence-corrected chi connectivity index (χ0v) is 9.92. The summed E-state index contributed by atoms with van der Waals surface area (Å²) >= 11 is 0. The van der Waals surface area contributed by atoms with Crippen molar-refractivity contribution < 1.29 is 10.3 Å². The molecule has 0 unspecified atom stereocenters. The van der Waals surface area contributed by atoms with Gasteiger partial charge >= 0.3 is 0 Å². The molecule has 0 amide bonds.